The molecule has 4 nitrogen and oxygen atoms in total. The number of likely N-dealkylation sites (tertiary alicyclic amines) is 1. The average Bonchev–Trinajstić information content (AvgIpc) is 2.50. The zero-order valence-corrected chi connectivity index (χ0v) is 13.7. The lowest BCUT2D eigenvalue weighted by atomic mass is 9.97. The van der Waals surface area contributed by atoms with E-state index in [1.54, 1.807) is 14.2 Å². The van der Waals surface area contributed by atoms with Crippen LogP contribution in [0.25, 0.3) is 0 Å². The van der Waals surface area contributed by atoms with E-state index in [9.17, 15) is 0 Å². The van der Waals surface area contributed by atoms with Crippen LogP contribution in [0.15, 0.2) is 18.2 Å². The first kappa shape index (κ1) is 16.1. The van der Waals surface area contributed by atoms with E-state index in [1.165, 1.54) is 18.4 Å². The highest BCUT2D eigenvalue weighted by molar-refractivity contribution is 5.42. The Bertz CT molecular complexity index is 450. The molecule has 0 aliphatic carbocycles. The summed E-state index contributed by atoms with van der Waals surface area (Å²) in [4.78, 5) is 2.55. The highest BCUT2D eigenvalue weighted by Crippen LogP contribution is 2.29. The zero-order chi connectivity index (χ0) is 15.2. The van der Waals surface area contributed by atoms with Crippen LogP contribution in [0.5, 0.6) is 11.5 Å². The second kappa shape index (κ2) is 7.66. The maximum atomic E-state index is 5.39. The molecule has 1 heterocycles. The van der Waals surface area contributed by atoms with Crippen molar-refractivity contribution < 1.29 is 9.47 Å². The first-order valence-electron chi connectivity index (χ1n) is 7.86. The predicted molar refractivity (Wildman–Crippen MR) is 86.1 cm³/mol. The molecule has 118 valence electrons. The van der Waals surface area contributed by atoms with Crippen LogP contribution in [-0.4, -0.2) is 44.3 Å². The molecule has 1 aliphatic heterocycles. The van der Waals surface area contributed by atoms with Crippen LogP contribution in [0.3, 0.4) is 0 Å². The zero-order valence-electron chi connectivity index (χ0n) is 13.7. The van der Waals surface area contributed by atoms with Crippen LogP contribution in [0, 0.1) is 0 Å². The van der Waals surface area contributed by atoms with Crippen LogP contribution in [-0.2, 0) is 6.54 Å². The molecule has 21 heavy (non-hydrogen) atoms. The summed E-state index contributed by atoms with van der Waals surface area (Å²) in [6.45, 7) is 7.69. The Morgan fingerprint density at radius 3 is 2.62 bits per heavy atom. The summed E-state index contributed by atoms with van der Waals surface area (Å²) in [6, 6.07) is 7.49. The molecule has 0 bridgehead atoms. The summed E-state index contributed by atoms with van der Waals surface area (Å²) in [5.41, 5.74) is 1.28. The predicted octanol–water partition coefficient (Wildman–Crippen LogP) is 2.67. The number of ether oxygens (including phenoxy) is 2. The molecule has 4 heteroatoms. The molecular weight excluding hydrogens is 264 g/mol. The molecule has 2 rings (SSSR count). The van der Waals surface area contributed by atoms with Gasteiger partial charge in [0.15, 0.2) is 11.5 Å². The van der Waals surface area contributed by atoms with Crippen molar-refractivity contribution in [3.05, 3.63) is 23.8 Å². The first-order chi connectivity index (χ1) is 10.2. The number of methoxy groups -OCH3 is 2. The normalized spacial score (nSPS) is 23.0. The van der Waals surface area contributed by atoms with Gasteiger partial charge in [-0.2, -0.15) is 0 Å². The van der Waals surface area contributed by atoms with Crippen LogP contribution in [0.2, 0.25) is 0 Å². The second-order valence-electron chi connectivity index (χ2n) is 5.79. The summed E-state index contributed by atoms with van der Waals surface area (Å²) in [7, 11) is 3.36. The molecule has 0 amide bonds. The third kappa shape index (κ3) is 4.11. The monoisotopic (exact) mass is 292 g/mol. The van der Waals surface area contributed by atoms with Crippen molar-refractivity contribution in [1.82, 2.24) is 10.2 Å². The van der Waals surface area contributed by atoms with Crippen LogP contribution < -0.4 is 14.8 Å². The van der Waals surface area contributed by atoms with Gasteiger partial charge in [0.2, 0.25) is 0 Å². The third-order valence-electron chi connectivity index (χ3n) is 4.34. The highest BCUT2D eigenvalue weighted by Gasteiger charge is 2.24. The van der Waals surface area contributed by atoms with Crippen molar-refractivity contribution in [2.24, 2.45) is 0 Å². The molecule has 1 saturated heterocycles. The molecule has 1 N–H and O–H groups in total. The molecule has 0 spiro atoms. The molecule has 1 aromatic carbocycles. The van der Waals surface area contributed by atoms with E-state index in [-0.39, 0.29) is 0 Å². The highest BCUT2D eigenvalue weighted by atomic mass is 16.5. The molecule has 1 fully saturated rings. The Morgan fingerprint density at radius 1 is 1.24 bits per heavy atom. The molecule has 0 aromatic heterocycles. The first-order valence-corrected chi connectivity index (χ1v) is 7.86. The number of hydrogen-bond acceptors (Lipinski definition) is 4. The lowest BCUT2D eigenvalue weighted by Gasteiger charge is -2.38. The molecule has 0 saturated carbocycles. The van der Waals surface area contributed by atoms with Gasteiger partial charge in [-0.1, -0.05) is 13.0 Å². The number of nitrogens with one attached hydrogen (secondary N) is 1. The van der Waals surface area contributed by atoms with E-state index >= 15 is 0 Å². The van der Waals surface area contributed by atoms with E-state index in [0.717, 1.165) is 31.1 Å². The standard InChI is InChI=1S/C17H28N2O2/c1-5-18-15-8-9-19(13(2)10-15)12-14-6-7-16(20-3)17(11-14)21-4/h6-7,11,13,15,18H,5,8-10,12H2,1-4H3. The summed E-state index contributed by atoms with van der Waals surface area (Å²) in [5, 5.41) is 3.57. The Hall–Kier alpha value is -1.26. The molecule has 1 aliphatic rings. The summed E-state index contributed by atoms with van der Waals surface area (Å²) < 4.78 is 10.7. The number of piperidine rings is 1. The number of hydrogen-bond donors (Lipinski definition) is 1. The number of nitrogens with zero attached hydrogens (tertiary/aromatic N) is 1. The van der Waals surface area contributed by atoms with Gasteiger partial charge in [-0.25, -0.2) is 0 Å². The maximum absolute atomic E-state index is 5.39. The van der Waals surface area contributed by atoms with Gasteiger partial charge in [0.25, 0.3) is 0 Å². The van der Waals surface area contributed by atoms with Crippen molar-refractivity contribution in [2.75, 3.05) is 27.3 Å². The van der Waals surface area contributed by atoms with E-state index in [4.69, 9.17) is 9.47 Å². The summed E-state index contributed by atoms with van der Waals surface area (Å²) in [6.07, 6.45) is 2.45. The maximum Gasteiger partial charge on any atom is 0.161 e. The van der Waals surface area contributed by atoms with Crippen LogP contribution >= 0.6 is 0 Å². The van der Waals surface area contributed by atoms with E-state index < -0.39 is 0 Å². The molecule has 1 aromatic rings. The summed E-state index contributed by atoms with van der Waals surface area (Å²) in [5.74, 6) is 1.60. The Labute approximate surface area is 128 Å². The quantitative estimate of drug-likeness (QED) is 0.874. The lowest BCUT2D eigenvalue weighted by molar-refractivity contribution is 0.129. The van der Waals surface area contributed by atoms with Crippen molar-refractivity contribution in [2.45, 2.75) is 45.3 Å². The summed E-state index contributed by atoms with van der Waals surface area (Å²) >= 11 is 0. The average molecular weight is 292 g/mol. The van der Waals surface area contributed by atoms with Crippen LogP contribution in [0.1, 0.15) is 32.3 Å². The van der Waals surface area contributed by atoms with Crippen molar-refractivity contribution >= 4 is 0 Å². The van der Waals surface area contributed by atoms with Gasteiger partial charge in [-0.3, -0.25) is 4.90 Å². The second-order valence-corrected chi connectivity index (χ2v) is 5.79. The van der Waals surface area contributed by atoms with Crippen molar-refractivity contribution in [3.63, 3.8) is 0 Å². The Morgan fingerprint density at radius 2 is 2.00 bits per heavy atom. The Kier molecular flexibility index (Phi) is 5.88. The molecular formula is C17H28N2O2. The fourth-order valence-corrected chi connectivity index (χ4v) is 3.14. The minimum atomic E-state index is 0.607. The van der Waals surface area contributed by atoms with Gasteiger partial charge < -0.3 is 14.8 Å². The largest absolute Gasteiger partial charge is 0.493 e. The topological polar surface area (TPSA) is 33.7 Å². The SMILES string of the molecule is CCNC1CCN(Cc2ccc(OC)c(OC)c2)C(C)C1. The molecule has 2 atom stereocenters. The molecule has 2 unspecified atom stereocenters. The number of rotatable bonds is 6. The van der Waals surface area contributed by atoms with Gasteiger partial charge in [0, 0.05) is 25.2 Å². The Balaban J connectivity index is 1.98. The van der Waals surface area contributed by atoms with E-state index in [2.05, 4.69) is 36.2 Å². The smallest absolute Gasteiger partial charge is 0.161 e. The van der Waals surface area contributed by atoms with Gasteiger partial charge in [-0.05, 0) is 44.0 Å². The van der Waals surface area contributed by atoms with Crippen molar-refractivity contribution in [1.29, 1.82) is 0 Å². The molecule has 0 radical (unpaired) electrons. The minimum absolute atomic E-state index is 0.607. The van der Waals surface area contributed by atoms with E-state index in [0.29, 0.717) is 12.1 Å². The van der Waals surface area contributed by atoms with Gasteiger partial charge >= 0.3 is 0 Å². The number of benzene rings is 1. The van der Waals surface area contributed by atoms with Crippen LogP contribution in [0.4, 0.5) is 0 Å². The third-order valence-corrected chi connectivity index (χ3v) is 4.34. The minimum Gasteiger partial charge on any atom is -0.493 e. The fraction of sp³-hybridized carbons (Fsp3) is 0.647. The fourth-order valence-electron chi connectivity index (χ4n) is 3.14. The van der Waals surface area contributed by atoms with Gasteiger partial charge in [0.05, 0.1) is 14.2 Å². The van der Waals surface area contributed by atoms with Gasteiger partial charge in [-0.15, -0.1) is 0 Å². The lowest BCUT2D eigenvalue weighted by Crippen LogP contribution is -2.46. The van der Waals surface area contributed by atoms with Gasteiger partial charge in [0.1, 0.15) is 0 Å². The van der Waals surface area contributed by atoms with Crippen molar-refractivity contribution in [3.8, 4) is 11.5 Å². The van der Waals surface area contributed by atoms with E-state index in [1.807, 2.05) is 6.07 Å².